The molecule has 0 aliphatic heterocycles. The Morgan fingerprint density at radius 3 is 2.58 bits per heavy atom. The van der Waals surface area contributed by atoms with Gasteiger partial charge in [-0.1, -0.05) is 0 Å². The smallest absolute Gasteiger partial charge is 0.229 e. The molecule has 0 aliphatic carbocycles. The van der Waals surface area contributed by atoms with Crippen molar-refractivity contribution in [3.05, 3.63) is 42.1 Å². The normalized spacial score (nSPS) is 10.6. The van der Waals surface area contributed by atoms with Crippen LogP contribution in [-0.4, -0.2) is 16.0 Å². The van der Waals surface area contributed by atoms with E-state index in [-0.39, 0.29) is 6.04 Å². The fourth-order valence-corrected chi connectivity index (χ4v) is 1.50. The number of nitrogens with zero attached hydrogens (tertiary/aromatic N) is 2. The minimum absolute atomic E-state index is 0.242. The van der Waals surface area contributed by atoms with Gasteiger partial charge in [-0.05, 0) is 32.0 Å². The molecule has 4 nitrogen and oxygen atoms in total. The number of benzene rings is 1. The highest BCUT2D eigenvalue weighted by atomic mass is 19.2. The van der Waals surface area contributed by atoms with Crippen molar-refractivity contribution in [2.45, 2.75) is 19.9 Å². The molecule has 0 spiro atoms. The molecule has 100 valence electrons. The third-order valence-electron chi connectivity index (χ3n) is 2.27. The number of anilines is 3. The van der Waals surface area contributed by atoms with Crippen molar-refractivity contribution in [1.29, 1.82) is 0 Å². The number of hydrogen-bond acceptors (Lipinski definition) is 4. The maximum absolute atomic E-state index is 13.1. The Morgan fingerprint density at radius 2 is 1.89 bits per heavy atom. The van der Waals surface area contributed by atoms with Crippen molar-refractivity contribution in [3.63, 3.8) is 0 Å². The first kappa shape index (κ1) is 13.2. The molecule has 0 atom stereocenters. The zero-order valence-electron chi connectivity index (χ0n) is 10.6. The molecule has 0 radical (unpaired) electrons. The second-order valence-corrected chi connectivity index (χ2v) is 4.32. The number of aromatic nitrogens is 2. The summed E-state index contributed by atoms with van der Waals surface area (Å²) in [5.74, 6) is -0.824. The van der Waals surface area contributed by atoms with Crippen LogP contribution in [0.15, 0.2) is 30.5 Å². The minimum atomic E-state index is -0.915. The van der Waals surface area contributed by atoms with E-state index in [0.29, 0.717) is 17.5 Å². The van der Waals surface area contributed by atoms with E-state index in [9.17, 15) is 8.78 Å². The van der Waals surface area contributed by atoms with Crippen molar-refractivity contribution in [2.24, 2.45) is 0 Å². The summed E-state index contributed by atoms with van der Waals surface area (Å²) in [6.45, 7) is 3.98. The molecule has 6 heteroatoms. The van der Waals surface area contributed by atoms with Gasteiger partial charge in [0.25, 0.3) is 0 Å². The number of halogens is 2. The molecule has 0 fully saturated rings. The zero-order valence-corrected chi connectivity index (χ0v) is 10.6. The van der Waals surface area contributed by atoms with Gasteiger partial charge in [0.2, 0.25) is 5.95 Å². The van der Waals surface area contributed by atoms with Crippen molar-refractivity contribution in [2.75, 3.05) is 10.6 Å². The molecule has 2 aromatic rings. The van der Waals surface area contributed by atoms with Crippen LogP contribution in [0, 0.1) is 11.6 Å². The molecule has 0 saturated carbocycles. The summed E-state index contributed by atoms with van der Waals surface area (Å²) < 4.78 is 25.9. The summed E-state index contributed by atoms with van der Waals surface area (Å²) >= 11 is 0. The number of hydrogen-bond donors (Lipinski definition) is 2. The van der Waals surface area contributed by atoms with E-state index in [1.54, 1.807) is 12.3 Å². The second-order valence-electron chi connectivity index (χ2n) is 4.32. The Labute approximate surface area is 109 Å². The standard InChI is InChI=1S/C13H14F2N4/c1-8(2)17-12-5-6-16-13(19-12)18-9-3-4-10(14)11(15)7-9/h3-8H,1-2H3,(H2,16,17,18,19). The lowest BCUT2D eigenvalue weighted by atomic mass is 10.3. The third kappa shape index (κ3) is 3.61. The van der Waals surface area contributed by atoms with E-state index in [0.717, 1.165) is 12.1 Å². The third-order valence-corrected chi connectivity index (χ3v) is 2.27. The molecule has 0 unspecified atom stereocenters. The molecule has 1 aromatic carbocycles. The molecule has 0 aliphatic rings. The Hall–Kier alpha value is -2.24. The van der Waals surface area contributed by atoms with Gasteiger partial charge in [-0.3, -0.25) is 0 Å². The lowest BCUT2D eigenvalue weighted by Gasteiger charge is -2.10. The lowest BCUT2D eigenvalue weighted by Crippen LogP contribution is -2.11. The number of nitrogens with one attached hydrogen (secondary N) is 2. The molecule has 1 aromatic heterocycles. The lowest BCUT2D eigenvalue weighted by molar-refractivity contribution is 0.509. The van der Waals surface area contributed by atoms with Crippen molar-refractivity contribution in [3.8, 4) is 0 Å². The predicted molar refractivity (Wildman–Crippen MR) is 70.4 cm³/mol. The van der Waals surface area contributed by atoms with Crippen LogP contribution in [0.25, 0.3) is 0 Å². The van der Waals surface area contributed by atoms with Gasteiger partial charge in [0, 0.05) is 24.0 Å². The van der Waals surface area contributed by atoms with E-state index in [1.807, 2.05) is 13.8 Å². The Kier molecular flexibility index (Phi) is 3.89. The Morgan fingerprint density at radius 1 is 1.11 bits per heavy atom. The van der Waals surface area contributed by atoms with E-state index >= 15 is 0 Å². The van der Waals surface area contributed by atoms with E-state index in [4.69, 9.17) is 0 Å². The largest absolute Gasteiger partial charge is 0.368 e. The molecule has 0 amide bonds. The van der Waals surface area contributed by atoms with Gasteiger partial charge in [-0.15, -0.1) is 0 Å². The van der Waals surface area contributed by atoms with Crippen LogP contribution < -0.4 is 10.6 Å². The summed E-state index contributed by atoms with van der Waals surface area (Å²) in [5, 5.41) is 5.94. The first-order valence-electron chi connectivity index (χ1n) is 5.86. The van der Waals surface area contributed by atoms with E-state index < -0.39 is 11.6 Å². The van der Waals surface area contributed by atoms with Crippen LogP contribution in [0.4, 0.5) is 26.2 Å². The first-order chi connectivity index (χ1) is 9.04. The highest BCUT2D eigenvalue weighted by Crippen LogP contribution is 2.17. The summed E-state index contributed by atoms with van der Waals surface area (Å²) in [5.41, 5.74) is 0.389. The fraction of sp³-hybridized carbons (Fsp3) is 0.231. The van der Waals surface area contributed by atoms with Crippen LogP contribution in [-0.2, 0) is 0 Å². The fourth-order valence-electron chi connectivity index (χ4n) is 1.50. The van der Waals surface area contributed by atoms with Gasteiger partial charge in [0.1, 0.15) is 5.82 Å². The van der Waals surface area contributed by atoms with Crippen LogP contribution in [0.2, 0.25) is 0 Å². The SMILES string of the molecule is CC(C)Nc1ccnc(Nc2ccc(F)c(F)c2)n1. The molecular weight excluding hydrogens is 250 g/mol. The topological polar surface area (TPSA) is 49.8 Å². The zero-order chi connectivity index (χ0) is 13.8. The highest BCUT2D eigenvalue weighted by Gasteiger charge is 2.05. The van der Waals surface area contributed by atoms with Gasteiger partial charge in [-0.25, -0.2) is 13.8 Å². The Bertz CT molecular complexity index is 572. The number of rotatable bonds is 4. The van der Waals surface area contributed by atoms with E-state index in [1.165, 1.54) is 6.07 Å². The quantitative estimate of drug-likeness (QED) is 0.889. The molecule has 1 heterocycles. The highest BCUT2D eigenvalue weighted by molar-refractivity contribution is 5.54. The summed E-state index contributed by atoms with van der Waals surface area (Å²) in [6.07, 6.45) is 1.58. The van der Waals surface area contributed by atoms with Crippen LogP contribution in [0.1, 0.15) is 13.8 Å². The van der Waals surface area contributed by atoms with Gasteiger partial charge in [0.05, 0.1) is 0 Å². The second kappa shape index (κ2) is 5.60. The minimum Gasteiger partial charge on any atom is -0.368 e. The average Bonchev–Trinajstić information content (AvgIpc) is 2.33. The van der Waals surface area contributed by atoms with Gasteiger partial charge < -0.3 is 10.6 Å². The summed E-state index contributed by atoms with van der Waals surface area (Å²) in [7, 11) is 0. The van der Waals surface area contributed by atoms with Crippen molar-refractivity contribution >= 4 is 17.5 Å². The van der Waals surface area contributed by atoms with Crippen LogP contribution >= 0.6 is 0 Å². The maximum atomic E-state index is 13.1. The average molecular weight is 264 g/mol. The maximum Gasteiger partial charge on any atom is 0.229 e. The molecular formula is C13H14F2N4. The molecule has 0 saturated heterocycles. The monoisotopic (exact) mass is 264 g/mol. The van der Waals surface area contributed by atoms with Crippen LogP contribution in [0.5, 0.6) is 0 Å². The van der Waals surface area contributed by atoms with E-state index in [2.05, 4.69) is 20.6 Å². The summed E-state index contributed by atoms with van der Waals surface area (Å²) in [4.78, 5) is 8.23. The van der Waals surface area contributed by atoms with Crippen LogP contribution in [0.3, 0.4) is 0 Å². The first-order valence-corrected chi connectivity index (χ1v) is 5.86. The van der Waals surface area contributed by atoms with Gasteiger partial charge >= 0.3 is 0 Å². The summed E-state index contributed by atoms with van der Waals surface area (Å²) in [6, 6.07) is 5.50. The van der Waals surface area contributed by atoms with Gasteiger partial charge in [0.15, 0.2) is 11.6 Å². The predicted octanol–water partition coefficient (Wildman–Crippen LogP) is 3.32. The molecule has 2 rings (SSSR count). The Balaban J connectivity index is 2.16. The van der Waals surface area contributed by atoms with Gasteiger partial charge in [-0.2, -0.15) is 4.98 Å². The molecule has 2 N–H and O–H groups in total. The van der Waals surface area contributed by atoms with Crippen molar-refractivity contribution < 1.29 is 8.78 Å². The van der Waals surface area contributed by atoms with Crippen molar-refractivity contribution in [1.82, 2.24) is 9.97 Å². The molecule has 0 bridgehead atoms. The molecule has 19 heavy (non-hydrogen) atoms.